The van der Waals surface area contributed by atoms with E-state index in [9.17, 15) is 9.59 Å². The summed E-state index contributed by atoms with van der Waals surface area (Å²) in [7, 11) is 0. The number of morpholine rings is 1. The van der Waals surface area contributed by atoms with Crippen molar-refractivity contribution in [1.29, 1.82) is 0 Å². The zero-order valence-electron chi connectivity index (χ0n) is 18.5. The standard InChI is InChI=1S/C26H26N2O4S/c1-3-15-32-21-11-9-20(10-12-21)24(29)27-25-22(26(30)28-13-16-31-17-14-28)18(2)23(33-25)19-7-5-4-6-8-19/h3-12H,1,13-17H2,2H3,(H,27,29). The summed E-state index contributed by atoms with van der Waals surface area (Å²) in [6.07, 6.45) is 1.66. The fourth-order valence-corrected chi connectivity index (χ4v) is 4.88. The van der Waals surface area contributed by atoms with Gasteiger partial charge in [-0.3, -0.25) is 9.59 Å². The molecule has 0 radical (unpaired) electrons. The largest absolute Gasteiger partial charge is 0.490 e. The van der Waals surface area contributed by atoms with Gasteiger partial charge in [0, 0.05) is 23.5 Å². The van der Waals surface area contributed by atoms with E-state index in [0.717, 1.165) is 16.0 Å². The summed E-state index contributed by atoms with van der Waals surface area (Å²) in [6.45, 7) is 8.07. The van der Waals surface area contributed by atoms with Gasteiger partial charge in [0.05, 0.1) is 18.8 Å². The highest BCUT2D eigenvalue weighted by Gasteiger charge is 2.28. The molecule has 1 aromatic heterocycles. The predicted molar refractivity (Wildman–Crippen MR) is 131 cm³/mol. The Bertz CT molecular complexity index is 1130. The van der Waals surface area contributed by atoms with Crippen molar-refractivity contribution in [3.05, 3.63) is 83.9 Å². The number of nitrogens with zero attached hydrogens (tertiary/aromatic N) is 1. The van der Waals surface area contributed by atoms with Crippen LogP contribution in [-0.2, 0) is 4.74 Å². The molecule has 2 aromatic carbocycles. The van der Waals surface area contributed by atoms with Gasteiger partial charge in [-0.05, 0) is 42.3 Å². The zero-order valence-corrected chi connectivity index (χ0v) is 19.3. The minimum absolute atomic E-state index is 0.0855. The van der Waals surface area contributed by atoms with E-state index < -0.39 is 0 Å². The number of rotatable bonds is 7. The maximum absolute atomic E-state index is 13.5. The first-order chi connectivity index (χ1) is 16.1. The molecule has 170 valence electrons. The Hall–Kier alpha value is -3.42. The monoisotopic (exact) mass is 462 g/mol. The third-order valence-electron chi connectivity index (χ3n) is 5.41. The summed E-state index contributed by atoms with van der Waals surface area (Å²) in [5, 5.41) is 3.54. The summed E-state index contributed by atoms with van der Waals surface area (Å²) in [6, 6.07) is 16.8. The maximum atomic E-state index is 13.5. The molecule has 1 N–H and O–H groups in total. The second-order valence-corrected chi connectivity index (χ2v) is 8.63. The quantitative estimate of drug-likeness (QED) is 0.501. The van der Waals surface area contributed by atoms with Gasteiger partial charge in [-0.2, -0.15) is 0 Å². The minimum Gasteiger partial charge on any atom is -0.490 e. The summed E-state index contributed by atoms with van der Waals surface area (Å²) in [5.74, 6) is 0.299. The lowest BCUT2D eigenvalue weighted by atomic mass is 10.1. The minimum atomic E-state index is -0.276. The highest BCUT2D eigenvalue weighted by atomic mass is 32.1. The topological polar surface area (TPSA) is 67.9 Å². The molecule has 1 saturated heterocycles. The van der Waals surface area contributed by atoms with Crippen molar-refractivity contribution in [2.75, 3.05) is 38.2 Å². The van der Waals surface area contributed by atoms with Crippen LogP contribution in [-0.4, -0.2) is 49.6 Å². The lowest BCUT2D eigenvalue weighted by molar-refractivity contribution is 0.0303. The molecular weight excluding hydrogens is 436 g/mol. The molecule has 1 aliphatic rings. The van der Waals surface area contributed by atoms with Crippen molar-refractivity contribution in [3.63, 3.8) is 0 Å². The van der Waals surface area contributed by atoms with Crippen LogP contribution < -0.4 is 10.1 Å². The Morgan fingerprint density at radius 1 is 1.12 bits per heavy atom. The molecule has 7 heteroatoms. The van der Waals surface area contributed by atoms with E-state index in [-0.39, 0.29) is 11.8 Å². The van der Waals surface area contributed by atoms with Crippen LogP contribution in [0.1, 0.15) is 26.3 Å². The van der Waals surface area contributed by atoms with Gasteiger partial charge in [0.15, 0.2) is 0 Å². The number of carbonyl (C=O) groups is 2. The van der Waals surface area contributed by atoms with Gasteiger partial charge in [-0.25, -0.2) is 0 Å². The first kappa shape index (κ1) is 22.8. The summed E-state index contributed by atoms with van der Waals surface area (Å²) in [4.78, 5) is 29.2. The summed E-state index contributed by atoms with van der Waals surface area (Å²) >= 11 is 1.42. The van der Waals surface area contributed by atoms with Gasteiger partial charge in [0.25, 0.3) is 11.8 Å². The normalized spacial score (nSPS) is 13.4. The van der Waals surface area contributed by atoms with Crippen LogP contribution >= 0.6 is 11.3 Å². The second-order valence-electron chi connectivity index (χ2n) is 7.61. The van der Waals surface area contributed by atoms with E-state index in [0.29, 0.717) is 54.8 Å². The average molecular weight is 463 g/mol. The van der Waals surface area contributed by atoms with Crippen LogP contribution in [0.5, 0.6) is 5.75 Å². The molecule has 1 fully saturated rings. The molecule has 2 heterocycles. The third-order valence-corrected chi connectivity index (χ3v) is 6.66. The molecule has 0 spiro atoms. The molecule has 0 saturated carbocycles. The fraction of sp³-hybridized carbons (Fsp3) is 0.231. The first-order valence-electron chi connectivity index (χ1n) is 10.8. The van der Waals surface area contributed by atoms with E-state index in [1.807, 2.05) is 37.3 Å². The highest BCUT2D eigenvalue weighted by Crippen LogP contribution is 2.40. The molecule has 1 aliphatic heterocycles. The van der Waals surface area contributed by atoms with Crippen LogP contribution in [0, 0.1) is 6.92 Å². The molecule has 0 bridgehead atoms. The lowest BCUT2D eigenvalue weighted by Gasteiger charge is -2.27. The molecule has 33 heavy (non-hydrogen) atoms. The van der Waals surface area contributed by atoms with Crippen LogP contribution in [0.25, 0.3) is 10.4 Å². The van der Waals surface area contributed by atoms with Crippen LogP contribution in [0.2, 0.25) is 0 Å². The van der Waals surface area contributed by atoms with E-state index in [1.54, 1.807) is 35.2 Å². The van der Waals surface area contributed by atoms with Crippen LogP contribution in [0.3, 0.4) is 0 Å². The predicted octanol–water partition coefficient (Wildman–Crippen LogP) is 5.01. The van der Waals surface area contributed by atoms with Crippen LogP contribution in [0.15, 0.2) is 67.3 Å². The molecular formula is C26H26N2O4S. The number of carbonyl (C=O) groups excluding carboxylic acids is 2. The number of ether oxygens (including phenoxy) is 2. The van der Waals surface area contributed by atoms with Gasteiger partial charge < -0.3 is 19.7 Å². The number of hydrogen-bond donors (Lipinski definition) is 1. The smallest absolute Gasteiger partial charge is 0.257 e. The molecule has 6 nitrogen and oxygen atoms in total. The number of thiophene rings is 1. The van der Waals surface area contributed by atoms with Gasteiger partial charge in [-0.15, -0.1) is 11.3 Å². The fourth-order valence-electron chi connectivity index (χ4n) is 3.68. The Balaban J connectivity index is 1.65. The second kappa shape index (κ2) is 10.5. The van der Waals surface area contributed by atoms with Gasteiger partial charge in [0.1, 0.15) is 17.4 Å². The van der Waals surface area contributed by atoms with Crippen molar-refractivity contribution in [1.82, 2.24) is 4.90 Å². The van der Waals surface area contributed by atoms with Gasteiger partial charge >= 0.3 is 0 Å². The number of amides is 2. The van der Waals surface area contributed by atoms with Crippen molar-refractivity contribution in [3.8, 4) is 16.2 Å². The first-order valence-corrected chi connectivity index (χ1v) is 11.6. The van der Waals surface area contributed by atoms with E-state index in [2.05, 4.69) is 11.9 Å². The van der Waals surface area contributed by atoms with Crippen molar-refractivity contribution >= 4 is 28.2 Å². The highest BCUT2D eigenvalue weighted by molar-refractivity contribution is 7.20. The van der Waals surface area contributed by atoms with Crippen molar-refractivity contribution < 1.29 is 19.1 Å². The Kier molecular flexibility index (Phi) is 7.22. The average Bonchev–Trinajstić information content (AvgIpc) is 3.19. The Morgan fingerprint density at radius 2 is 1.82 bits per heavy atom. The van der Waals surface area contributed by atoms with Crippen molar-refractivity contribution in [2.45, 2.75) is 6.92 Å². The summed E-state index contributed by atoms with van der Waals surface area (Å²) in [5.41, 5.74) is 2.91. The van der Waals surface area contributed by atoms with Crippen molar-refractivity contribution in [2.24, 2.45) is 0 Å². The molecule has 2 amide bonds. The lowest BCUT2D eigenvalue weighted by Crippen LogP contribution is -2.41. The molecule has 0 unspecified atom stereocenters. The van der Waals surface area contributed by atoms with Gasteiger partial charge in [0.2, 0.25) is 0 Å². The Labute approximate surface area is 197 Å². The van der Waals surface area contributed by atoms with Crippen LogP contribution in [0.4, 0.5) is 5.00 Å². The number of benzene rings is 2. The number of anilines is 1. The summed E-state index contributed by atoms with van der Waals surface area (Å²) < 4.78 is 10.9. The third kappa shape index (κ3) is 5.16. The molecule has 0 aliphatic carbocycles. The number of nitrogens with one attached hydrogen (secondary N) is 1. The Morgan fingerprint density at radius 3 is 2.48 bits per heavy atom. The molecule has 0 atom stereocenters. The maximum Gasteiger partial charge on any atom is 0.257 e. The van der Waals surface area contributed by atoms with E-state index in [1.165, 1.54) is 11.3 Å². The SMILES string of the molecule is C=CCOc1ccc(C(=O)Nc2sc(-c3ccccc3)c(C)c2C(=O)N2CCOCC2)cc1. The zero-order chi connectivity index (χ0) is 23.2. The molecule has 4 rings (SSSR count). The van der Waals surface area contributed by atoms with E-state index >= 15 is 0 Å². The number of hydrogen-bond acceptors (Lipinski definition) is 5. The molecule has 3 aromatic rings. The van der Waals surface area contributed by atoms with Gasteiger partial charge in [-0.1, -0.05) is 43.0 Å². The van der Waals surface area contributed by atoms with E-state index in [4.69, 9.17) is 9.47 Å².